The summed E-state index contributed by atoms with van der Waals surface area (Å²) in [6.07, 6.45) is 0. The van der Waals surface area contributed by atoms with E-state index < -0.39 is 28.6 Å². The van der Waals surface area contributed by atoms with Crippen molar-refractivity contribution in [3.63, 3.8) is 0 Å². The molecule has 1 N–H and O–H groups in total. The fourth-order valence-electron chi connectivity index (χ4n) is 2.41. The summed E-state index contributed by atoms with van der Waals surface area (Å²) in [5.74, 6) is -0.408. The summed E-state index contributed by atoms with van der Waals surface area (Å²) in [7, 11) is -2.29. The second-order valence-corrected chi connectivity index (χ2v) is 7.59. The van der Waals surface area contributed by atoms with E-state index >= 15 is 0 Å². The molecule has 0 spiro atoms. The molecule has 1 unspecified atom stereocenters. The monoisotopic (exact) mass is 398 g/mol. The van der Waals surface area contributed by atoms with Crippen LogP contribution in [-0.4, -0.2) is 38.9 Å². The quantitative estimate of drug-likeness (QED) is 0.742. The van der Waals surface area contributed by atoms with E-state index in [1.807, 2.05) is 0 Å². The zero-order valence-corrected chi connectivity index (χ0v) is 15.6. The number of likely N-dealkylation sites (N-methyl/N-ethyl adjacent to an activating group) is 1. The molecule has 0 aliphatic rings. The van der Waals surface area contributed by atoms with Gasteiger partial charge in [-0.25, -0.2) is 8.42 Å². The first-order valence-electron chi connectivity index (χ1n) is 8.05. The standard InChI is InChI=1S/C18H20F2N2O4S/c1-13(21-27(24,25)16-6-4-3-5-7-16)17(23)22(2)12-14-8-10-15(11-9-14)26-18(19)20/h3-11,13,18,21H,12H2,1-2H3. The smallest absolute Gasteiger partial charge is 0.387 e. The lowest BCUT2D eigenvalue weighted by atomic mass is 10.2. The molecule has 9 heteroatoms. The van der Waals surface area contributed by atoms with E-state index in [4.69, 9.17) is 0 Å². The Labute approximate surface area is 156 Å². The molecule has 0 radical (unpaired) electrons. The molecule has 0 fully saturated rings. The topological polar surface area (TPSA) is 75.7 Å². The fourth-order valence-corrected chi connectivity index (χ4v) is 3.63. The van der Waals surface area contributed by atoms with Gasteiger partial charge in [0.25, 0.3) is 0 Å². The number of halogens is 2. The summed E-state index contributed by atoms with van der Waals surface area (Å²) in [6.45, 7) is -1.26. The molecule has 0 aliphatic carbocycles. The number of hydrogen-bond acceptors (Lipinski definition) is 4. The minimum absolute atomic E-state index is 0.0201. The van der Waals surface area contributed by atoms with Crippen LogP contribution in [0.3, 0.4) is 0 Å². The molecular formula is C18H20F2N2O4S. The Morgan fingerprint density at radius 2 is 1.70 bits per heavy atom. The molecule has 6 nitrogen and oxygen atoms in total. The number of ether oxygens (including phenoxy) is 1. The maximum Gasteiger partial charge on any atom is 0.387 e. The normalized spacial score (nSPS) is 12.6. The third kappa shape index (κ3) is 6.00. The summed E-state index contributed by atoms with van der Waals surface area (Å²) in [5, 5.41) is 0. The molecule has 27 heavy (non-hydrogen) atoms. The number of nitrogens with one attached hydrogen (secondary N) is 1. The molecule has 146 valence electrons. The van der Waals surface area contributed by atoms with Crippen LogP contribution in [0.2, 0.25) is 0 Å². The Balaban J connectivity index is 1.98. The number of nitrogens with zero attached hydrogens (tertiary/aromatic N) is 1. The highest BCUT2D eigenvalue weighted by atomic mass is 32.2. The van der Waals surface area contributed by atoms with Crippen molar-refractivity contribution < 1.29 is 26.7 Å². The maximum absolute atomic E-state index is 12.4. The summed E-state index contributed by atoms with van der Waals surface area (Å²) in [6, 6.07) is 12.6. The summed E-state index contributed by atoms with van der Waals surface area (Å²) in [5.41, 5.74) is 0.686. The van der Waals surface area contributed by atoms with E-state index in [9.17, 15) is 22.0 Å². The first-order valence-corrected chi connectivity index (χ1v) is 9.53. The van der Waals surface area contributed by atoms with Gasteiger partial charge in [-0.15, -0.1) is 0 Å². The van der Waals surface area contributed by atoms with Crippen LogP contribution in [-0.2, 0) is 21.4 Å². The van der Waals surface area contributed by atoms with Gasteiger partial charge in [-0.05, 0) is 36.8 Å². The van der Waals surface area contributed by atoms with E-state index in [0.29, 0.717) is 5.56 Å². The first-order chi connectivity index (χ1) is 12.7. The van der Waals surface area contributed by atoms with Crippen molar-refractivity contribution in [2.45, 2.75) is 31.0 Å². The average molecular weight is 398 g/mol. The Kier molecular flexibility index (Phi) is 6.86. The number of amides is 1. The Morgan fingerprint density at radius 3 is 2.26 bits per heavy atom. The molecule has 0 saturated heterocycles. The van der Waals surface area contributed by atoms with Gasteiger partial charge in [-0.3, -0.25) is 4.79 Å². The lowest BCUT2D eigenvalue weighted by Gasteiger charge is -2.22. The highest BCUT2D eigenvalue weighted by molar-refractivity contribution is 7.89. The van der Waals surface area contributed by atoms with Gasteiger partial charge in [-0.2, -0.15) is 13.5 Å². The Bertz CT molecular complexity index is 859. The van der Waals surface area contributed by atoms with Gasteiger partial charge in [0.2, 0.25) is 15.9 Å². The molecule has 0 aromatic heterocycles. The number of carbonyl (C=O) groups excluding carboxylic acids is 1. The van der Waals surface area contributed by atoms with Crippen LogP contribution < -0.4 is 9.46 Å². The van der Waals surface area contributed by atoms with Crippen molar-refractivity contribution in [3.05, 3.63) is 60.2 Å². The third-order valence-electron chi connectivity index (χ3n) is 3.70. The van der Waals surface area contributed by atoms with Crippen LogP contribution in [0.1, 0.15) is 12.5 Å². The van der Waals surface area contributed by atoms with Crippen LogP contribution in [0.15, 0.2) is 59.5 Å². The second kappa shape index (κ2) is 8.92. The lowest BCUT2D eigenvalue weighted by Crippen LogP contribution is -2.45. The highest BCUT2D eigenvalue weighted by Gasteiger charge is 2.24. The van der Waals surface area contributed by atoms with E-state index in [2.05, 4.69) is 9.46 Å². The van der Waals surface area contributed by atoms with Crippen LogP contribution >= 0.6 is 0 Å². The fraction of sp³-hybridized carbons (Fsp3) is 0.278. The van der Waals surface area contributed by atoms with Gasteiger partial charge < -0.3 is 9.64 Å². The number of alkyl halides is 2. The number of sulfonamides is 1. The Hall–Kier alpha value is -2.52. The molecule has 1 amide bonds. The highest BCUT2D eigenvalue weighted by Crippen LogP contribution is 2.16. The summed E-state index contributed by atoms with van der Waals surface area (Å²) >= 11 is 0. The summed E-state index contributed by atoms with van der Waals surface area (Å²) < 4.78 is 55.5. The van der Waals surface area contributed by atoms with Crippen molar-refractivity contribution >= 4 is 15.9 Å². The number of carbonyl (C=O) groups is 1. The van der Waals surface area contributed by atoms with Crippen molar-refractivity contribution in [1.82, 2.24) is 9.62 Å². The van der Waals surface area contributed by atoms with Crippen molar-refractivity contribution in [2.75, 3.05) is 7.05 Å². The molecule has 0 bridgehead atoms. The van der Waals surface area contributed by atoms with Gasteiger partial charge >= 0.3 is 6.61 Å². The number of benzene rings is 2. The minimum Gasteiger partial charge on any atom is -0.435 e. The van der Waals surface area contributed by atoms with Gasteiger partial charge in [0.1, 0.15) is 5.75 Å². The number of rotatable bonds is 8. The largest absolute Gasteiger partial charge is 0.435 e. The van der Waals surface area contributed by atoms with Gasteiger partial charge in [-0.1, -0.05) is 30.3 Å². The van der Waals surface area contributed by atoms with E-state index in [0.717, 1.165) is 0 Å². The minimum atomic E-state index is -3.81. The lowest BCUT2D eigenvalue weighted by molar-refractivity contribution is -0.131. The molecule has 1 atom stereocenters. The molecule has 0 heterocycles. The van der Waals surface area contributed by atoms with E-state index in [-0.39, 0.29) is 17.2 Å². The first kappa shape index (κ1) is 20.8. The molecular weight excluding hydrogens is 378 g/mol. The SMILES string of the molecule is CC(NS(=O)(=O)c1ccccc1)C(=O)N(C)Cc1ccc(OC(F)F)cc1. The van der Waals surface area contributed by atoms with Crippen LogP contribution in [0.5, 0.6) is 5.75 Å². The van der Waals surface area contributed by atoms with Crippen LogP contribution in [0.4, 0.5) is 8.78 Å². The van der Waals surface area contributed by atoms with Crippen LogP contribution in [0, 0.1) is 0 Å². The predicted octanol–water partition coefficient (Wildman–Crippen LogP) is 2.61. The predicted molar refractivity (Wildman–Crippen MR) is 95.8 cm³/mol. The van der Waals surface area contributed by atoms with E-state index in [1.165, 1.54) is 43.1 Å². The molecule has 2 aromatic rings. The zero-order valence-electron chi connectivity index (χ0n) is 14.8. The van der Waals surface area contributed by atoms with Crippen molar-refractivity contribution in [2.24, 2.45) is 0 Å². The average Bonchev–Trinajstić information content (AvgIpc) is 2.62. The molecule has 2 rings (SSSR count). The van der Waals surface area contributed by atoms with Crippen molar-refractivity contribution in [1.29, 1.82) is 0 Å². The molecule has 2 aromatic carbocycles. The van der Waals surface area contributed by atoms with Gasteiger partial charge in [0, 0.05) is 13.6 Å². The third-order valence-corrected chi connectivity index (χ3v) is 5.26. The van der Waals surface area contributed by atoms with Gasteiger partial charge in [0.05, 0.1) is 10.9 Å². The van der Waals surface area contributed by atoms with E-state index in [1.54, 1.807) is 30.3 Å². The second-order valence-electron chi connectivity index (χ2n) is 5.87. The Morgan fingerprint density at radius 1 is 1.11 bits per heavy atom. The molecule has 0 saturated carbocycles. The number of hydrogen-bond donors (Lipinski definition) is 1. The maximum atomic E-state index is 12.4. The van der Waals surface area contributed by atoms with Crippen LogP contribution in [0.25, 0.3) is 0 Å². The zero-order chi connectivity index (χ0) is 20.0. The molecule has 0 aliphatic heterocycles. The van der Waals surface area contributed by atoms with Gasteiger partial charge in [0.15, 0.2) is 0 Å². The summed E-state index contributed by atoms with van der Waals surface area (Å²) in [4.78, 5) is 13.9. The van der Waals surface area contributed by atoms with Crippen molar-refractivity contribution in [3.8, 4) is 5.75 Å².